The lowest BCUT2D eigenvalue weighted by Gasteiger charge is -2.21. The highest BCUT2D eigenvalue weighted by molar-refractivity contribution is 5.95. The van der Waals surface area contributed by atoms with Crippen LogP contribution in [0.25, 0.3) is 0 Å². The van der Waals surface area contributed by atoms with Crippen LogP contribution in [0.1, 0.15) is 46.9 Å². The van der Waals surface area contributed by atoms with Gasteiger partial charge in [0.1, 0.15) is 11.9 Å². The summed E-state index contributed by atoms with van der Waals surface area (Å²) in [5.41, 5.74) is 9.19. The van der Waals surface area contributed by atoms with Gasteiger partial charge in [0.2, 0.25) is 5.91 Å². The maximum Gasteiger partial charge on any atom is 0.282 e. The van der Waals surface area contributed by atoms with Crippen LogP contribution < -0.4 is 16.4 Å². The number of nitrogens with two attached hydrogens (primary N) is 2. The van der Waals surface area contributed by atoms with Gasteiger partial charge in [0.05, 0.1) is 0 Å². The summed E-state index contributed by atoms with van der Waals surface area (Å²) in [5.74, 6) is -1.03. The molecular formula is C25H27FN3O2+. The molecule has 3 rings (SSSR count). The monoisotopic (exact) mass is 420 g/mol. The van der Waals surface area contributed by atoms with Gasteiger partial charge >= 0.3 is 0 Å². The van der Waals surface area contributed by atoms with Gasteiger partial charge in [0.15, 0.2) is 6.04 Å². The molecule has 0 aromatic heterocycles. The minimum Gasteiger partial charge on any atom is -0.366 e. The fourth-order valence-corrected chi connectivity index (χ4v) is 3.43. The van der Waals surface area contributed by atoms with E-state index in [9.17, 15) is 14.0 Å². The average molecular weight is 421 g/mol. The summed E-state index contributed by atoms with van der Waals surface area (Å²) >= 11 is 0. The van der Waals surface area contributed by atoms with Crippen molar-refractivity contribution < 1.29 is 19.3 Å². The van der Waals surface area contributed by atoms with Gasteiger partial charge in [-0.15, -0.1) is 0 Å². The van der Waals surface area contributed by atoms with Crippen molar-refractivity contribution in [3.63, 3.8) is 0 Å². The molecule has 0 aliphatic heterocycles. The van der Waals surface area contributed by atoms with Gasteiger partial charge in [0.25, 0.3) is 5.91 Å². The summed E-state index contributed by atoms with van der Waals surface area (Å²) in [4.78, 5) is 24.0. The lowest BCUT2D eigenvalue weighted by atomic mass is 9.96. The van der Waals surface area contributed by atoms with Gasteiger partial charge in [-0.05, 0) is 55.3 Å². The highest BCUT2D eigenvalue weighted by Gasteiger charge is 2.25. The predicted octanol–water partition coefficient (Wildman–Crippen LogP) is 3.17. The van der Waals surface area contributed by atoms with E-state index in [-0.39, 0.29) is 17.8 Å². The second-order valence-electron chi connectivity index (χ2n) is 7.54. The maximum atomic E-state index is 13.9. The van der Waals surface area contributed by atoms with Crippen molar-refractivity contribution in [3.8, 4) is 0 Å². The van der Waals surface area contributed by atoms with Crippen LogP contribution in [-0.4, -0.2) is 17.9 Å². The van der Waals surface area contributed by atoms with E-state index in [1.165, 1.54) is 17.7 Å². The van der Waals surface area contributed by atoms with Gasteiger partial charge in [-0.25, -0.2) is 4.39 Å². The van der Waals surface area contributed by atoms with E-state index in [0.29, 0.717) is 11.3 Å². The molecule has 6 heteroatoms. The summed E-state index contributed by atoms with van der Waals surface area (Å²) in [5, 5.41) is 4.77. The number of primary amides is 1. The van der Waals surface area contributed by atoms with Crippen molar-refractivity contribution >= 4 is 17.5 Å². The van der Waals surface area contributed by atoms with Crippen LogP contribution in [0.4, 0.5) is 10.1 Å². The number of halogens is 1. The third kappa shape index (κ3) is 5.77. The van der Waals surface area contributed by atoms with Crippen LogP contribution >= 0.6 is 0 Å². The maximum absolute atomic E-state index is 13.9. The molecule has 2 atom stereocenters. The Labute approximate surface area is 181 Å². The number of hydrogen-bond donors (Lipinski definition) is 3. The molecule has 3 aromatic rings. The Morgan fingerprint density at radius 3 is 2.26 bits per heavy atom. The largest absolute Gasteiger partial charge is 0.366 e. The minimum absolute atomic E-state index is 0.196. The van der Waals surface area contributed by atoms with Gasteiger partial charge in [-0.2, -0.15) is 0 Å². The number of carbonyl (C=O) groups excluding carboxylic acids is 2. The number of carbonyl (C=O) groups is 2. The SMILES string of the molecule is CCc1ccc([C@@H]([NH2+][C@@H](C)C(=O)Nc2ccc(C(N)=O)cc2)c2cccc(F)c2)cc1. The topological polar surface area (TPSA) is 88.8 Å². The first-order chi connectivity index (χ1) is 14.9. The van der Waals surface area contributed by atoms with E-state index < -0.39 is 11.9 Å². The zero-order valence-corrected chi connectivity index (χ0v) is 17.6. The van der Waals surface area contributed by atoms with Crippen molar-refractivity contribution in [1.29, 1.82) is 0 Å². The lowest BCUT2D eigenvalue weighted by Crippen LogP contribution is -2.92. The number of hydrogen-bond acceptors (Lipinski definition) is 2. The number of amides is 2. The number of quaternary nitrogens is 1. The van der Waals surface area contributed by atoms with Crippen molar-refractivity contribution in [2.75, 3.05) is 5.32 Å². The number of benzene rings is 3. The third-order valence-corrected chi connectivity index (χ3v) is 5.29. The molecule has 0 unspecified atom stereocenters. The first kappa shape index (κ1) is 22.2. The minimum atomic E-state index is -0.522. The number of anilines is 1. The lowest BCUT2D eigenvalue weighted by molar-refractivity contribution is -0.704. The van der Waals surface area contributed by atoms with E-state index >= 15 is 0 Å². The second kappa shape index (κ2) is 10.00. The van der Waals surface area contributed by atoms with Gasteiger partial charge in [-0.1, -0.05) is 43.3 Å². The van der Waals surface area contributed by atoms with Crippen LogP contribution in [0.15, 0.2) is 72.8 Å². The molecule has 3 aromatic carbocycles. The Balaban J connectivity index is 1.79. The highest BCUT2D eigenvalue weighted by Crippen LogP contribution is 2.20. The Bertz CT molecular complexity index is 1050. The molecule has 0 aliphatic carbocycles. The molecule has 5 N–H and O–H groups in total. The molecule has 0 saturated carbocycles. The molecule has 0 heterocycles. The molecule has 0 bridgehead atoms. The van der Waals surface area contributed by atoms with E-state index in [2.05, 4.69) is 24.4 Å². The summed E-state index contributed by atoms with van der Waals surface area (Å²) in [6, 6.07) is 20.3. The third-order valence-electron chi connectivity index (χ3n) is 5.29. The summed E-state index contributed by atoms with van der Waals surface area (Å²) in [6.07, 6.45) is 0.933. The first-order valence-corrected chi connectivity index (χ1v) is 10.3. The Morgan fingerprint density at radius 2 is 1.68 bits per heavy atom. The van der Waals surface area contributed by atoms with Crippen molar-refractivity contribution in [2.24, 2.45) is 5.73 Å². The van der Waals surface area contributed by atoms with Gasteiger partial charge in [-0.3, -0.25) is 9.59 Å². The predicted molar refractivity (Wildman–Crippen MR) is 119 cm³/mol. The van der Waals surface area contributed by atoms with Gasteiger partial charge < -0.3 is 16.4 Å². The van der Waals surface area contributed by atoms with Crippen LogP contribution in [0.2, 0.25) is 0 Å². The summed E-state index contributed by atoms with van der Waals surface area (Å²) in [7, 11) is 0. The number of aryl methyl sites for hydroxylation is 1. The molecular weight excluding hydrogens is 393 g/mol. The number of rotatable bonds is 8. The first-order valence-electron chi connectivity index (χ1n) is 10.3. The van der Waals surface area contributed by atoms with E-state index in [4.69, 9.17) is 5.73 Å². The second-order valence-corrected chi connectivity index (χ2v) is 7.54. The molecule has 5 nitrogen and oxygen atoms in total. The van der Waals surface area contributed by atoms with Crippen molar-refractivity contribution in [1.82, 2.24) is 0 Å². The summed E-state index contributed by atoms with van der Waals surface area (Å²) < 4.78 is 13.9. The number of nitrogens with one attached hydrogen (secondary N) is 1. The zero-order chi connectivity index (χ0) is 22.4. The normalized spacial score (nSPS) is 12.7. The van der Waals surface area contributed by atoms with Crippen LogP contribution in [0, 0.1) is 5.82 Å². The molecule has 0 spiro atoms. The quantitative estimate of drug-likeness (QED) is 0.523. The van der Waals surface area contributed by atoms with E-state index in [1.807, 2.05) is 23.5 Å². The molecule has 0 fully saturated rings. The Morgan fingerprint density at radius 1 is 1.00 bits per heavy atom. The van der Waals surface area contributed by atoms with Crippen molar-refractivity contribution in [2.45, 2.75) is 32.4 Å². The van der Waals surface area contributed by atoms with Crippen LogP contribution in [0.5, 0.6) is 0 Å². The standard InChI is InChI=1S/C25H26FN3O2/c1-3-17-7-9-18(10-8-17)23(20-5-4-6-21(26)15-20)28-16(2)25(31)29-22-13-11-19(12-14-22)24(27)30/h4-16,23,28H,3H2,1-2H3,(H2,27,30)(H,29,31)/p+1/t16-,23+/m0/s1. The zero-order valence-electron chi connectivity index (χ0n) is 17.6. The van der Waals surface area contributed by atoms with Crippen molar-refractivity contribution in [3.05, 3.63) is 101 Å². The van der Waals surface area contributed by atoms with E-state index in [1.54, 1.807) is 37.3 Å². The van der Waals surface area contributed by atoms with Gasteiger partial charge in [0, 0.05) is 22.4 Å². The summed E-state index contributed by atoms with van der Waals surface area (Å²) in [6.45, 7) is 3.90. The molecule has 0 aliphatic rings. The molecule has 160 valence electrons. The molecule has 31 heavy (non-hydrogen) atoms. The fourth-order valence-electron chi connectivity index (χ4n) is 3.43. The van der Waals surface area contributed by atoms with E-state index in [0.717, 1.165) is 17.5 Å². The Hall–Kier alpha value is -3.51. The fraction of sp³-hybridized carbons (Fsp3) is 0.200. The van der Waals surface area contributed by atoms with Crippen LogP contribution in [0.3, 0.4) is 0 Å². The smallest absolute Gasteiger partial charge is 0.282 e. The molecule has 0 radical (unpaired) electrons. The highest BCUT2D eigenvalue weighted by atomic mass is 19.1. The molecule has 2 amide bonds. The van der Waals surface area contributed by atoms with Crippen LogP contribution in [-0.2, 0) is 11.2 Å². The average Bonchev–Trinajstić information content (AvgIpc) is 2.77. The molecule has 0 saturated heterocycles. The Kier molecular flexibility index (Phi) is 7.15.